The largest absolute Gasteiger partial charge is 0.433 e. The van der Waals surface area contributed by atoms with E-state index in [1.54, 1.807) is 18.2 Å². The first kappa shape index (κ1) is 17.1. The van der Waals surface area contributed by atoms with Crippen LogP contribution in [0.4, 0.5) is 14.5 Å². The van der Waals surface area contributed by atoms with Gasteiger partial charge >= 0.3 is 6.61 Å². The molecule has 0 aliphatic rings. The Labute approximate surface area is 138 Å². The van der Waals surface area contributed by atoms with Gasteiger partial charge in [-0.25, -0.2) is 0 Å². The van der Waals surface area contributed by atoms with Crippen LogP contribution in [0.25, 0.3) is 0 Å². The van der Waals surface area contributed by atoms with Gasteiger partial charge in [-0.2, -0.15) is 13.9 Å². The standard InChI is InChI=1S/C15H18F2N4OS/c1-3-21-9-11(10(2)20-21)8-18-15(23)19-12-6-4-5-7-13(12)22-14(16)17/h4-7,9,14H,3,8H2,1-2H3,(H2,18,19,23). The van der Waals surface area contributed by atoms with Crippen LogP contribution in [0.5, 0.6) is 5.75 Å². The minimum atomic E-state index is -2.89. The highest BCUT2D eigenvalue weighted by Gasteiger charge is 2.10. The average molecular weight is 340 g/mol. The second-order valence-electron chi connectivity index (χ2n) is 4.78. The number of benzene rings is 1. The lowest BCUT2D eigenvalue weighted by Gasteiger charge is -2.14. The number of anilines is 1. The summed E-state index contributed by atoms with van der Waals surface area (Å²) < 4.78 is 31.1. The lowest BCUT2D eigenvalue weighted by Crippen LogP contribution is -2.28. The SMILES string of the molecule is CCn1cc(CNC(=S)Nc2ccccc2OC(F)F)c(C)n1. The number of aromatic nitrogens is 2. The van der Waals surface area contributed by atoms with E-state index in [1.165, 1.54) is 6.07 Å². The van der Waals surface area contributed by atoms with Gasteiger partial charge in [0.1, 0.15) is 5.75 Å². The number of rotatable bonds is 6. The Morgan fingerprint density at radius 1 is 1.39 bits per heavy atom. The Morgan fingerprint density at radius 3 is 2.78 bits per heavy atom. The maximum Gasteiger partial charge on any atom is 0.387 e. The zero-order valence-corrected chi connectivity index (χ0v) is 13.7. The normalized spacial score (nSPS) is 10.7. The molecule has 1 aromatic heterocycles. The molecule has 0 aliphatic heterocycles. The maximum atomic E-state index is 12.4. The number of hydrogen-bond acceptors (Lipinski definition) is 3. The van der Waals surface area contributed by atoms with E-state index in [0.29, 0.717) is 17.3 Å². The molecule has 5 nitrogen and oxygen atoms in total. The van der Waals surface area contributed by atoms with Gasteiger partial charge in [-0.05, 0) is 38.2 Å². The molecule has 0 spiro atoms. The number of para-hydroxylation sites is 2. The van der Waals surface area contributed by atoms with Gasteiger partial charge in [0.25, 0.3) is 0 Å². The molecule has 23 heavy (non-hydrogen) atoms. The minimum Gasteiger partial charge on any atom is -0.433 e. The molecule has 0 saturated carbocycles. The summed E-state index contributed by atoms with van der Waals surface area (Å²) in [6.45, 7) is 2.33. The Balaban J connectivity index is 1.96. The van der Waals surface area contributed by atoms with Crippen molar-refractivity contribution < 1.29 is 13.5 Å². The molecule has 0 amide bonds. The molecule has 8 heteroatoms. The van der Waals surface area contributed by atoms with Gasteiger partial charge in [0.15, 0.2) is 5.11 Å². The van der Waals surface area contributed by atoms with E-state index in [1.807, 2.05) is 24.7 Å². The van der Waals surface area contributed by atoms with Crippen molar-refractivity contribution in [1.82, 2.24) is 15.1 Å². The zero-order chi connectivity index (χ0) is 16.8. The summed E-state index contributed by atoms with van der Waals surface area (Å²) in [5, 5.41) is 10.6. The lowest BCUT2D eigenvalue weighted by molar-refractivity contribution is -0.0493. The van der Waals surface area contributed by atoms with Gasteiger partial charge in [-0.1, -0.05) is 12.1 Å². The average Bonchev–Trinajstić information content (AvgIpc) is 2.87. The molecule has 1 aromatic carbocycles. The van der Waals surface area contributed by atoms with E-state index in [4.69, 9.17) is 12.2 Å². The molecule has 124 valence electrons. The highest BCUT2D eigenvalue weighted by Crippen LogP contribution is 2.25. The van der Waals surface area contributed by atoms with Crippen molar-refractivity contribution in [2.24, 2.45) is 0 Å². The molecule has 1 heterocycles. The van der Waals surface area contributed by atoms with E-state index < -0.39 is 6.61 Å². The third-order valence-electron chi connectivity index (χ3n) is 3.16. The Kier molecular flexibility index (Phi) is 5.86. The van der Waals surface area contributed by atoms with Crippen LogP contribution in [0.3, 0.4) is 0 Å². The molecule has 0 fully saturated rings. The van der Waals surface area contributed by atoms with Crippen LogP contribution in [-0.4, -0.2) is 21.5 Å². The number of ether oxygens (including phenoxy) is 1. The topological polar surface area (TPSA) is 51.1 Å². The van der Waals surface area contributed by atoms with Crippen molar-refractivity contribution in [3.63, 3.8) is 0 Å². The maximum absolute atomic E-state index is 12.4. The first-order chi connectivity index (χ1) is 11.0. The van der Waals surface area contributed by atoms with Crippen LogP contribution < -0.4 is 15.4 Å². The molecule has 0 radical (unpaired) electrons. The number of nitrogens with one attached hydrogen (secondary N) is 2. The van der Waals surface area contributed by atoms with Crippen molar-refractivity contribution in [2.45, 2.75) is 33.5 Å². The fourth-order valence-corrected chi connectivity index (χ4v) is 2.19. The first-order valence-electron chi connectivity index (χ1n) is 7.11. The predicted octanol–water partition coefficient (Wildman–Crippen LogP) is 3.30. The summed E-state index contributed by atoms with van der Waals surface area (Å²) >= 11 is 5.19. The fraction of sp³-hybridized carbons (Fsp3) is 0.333. The number of hydrogen-bond donors (Lipinski definition) is 2. The molecular formula is C15H18F2N4OS. The van der Waals surface area contributed by atoms with Crippen molar-refractivity contribution >= 4 is 23.0 Å². The fourth-order valence-electron chi connectivity index (χ4n) is 2.01. The lowest BCUT2D eigenvalue weighted by atomic mass is 10.2. The number of alkyl halides is 2. The Bertz CT molecular complexity index is 675. The molecule has 0 aliphatic carbocycles. The number of aryl methyl sites for hydroxylation is 2. The molecule has 2 rings (SSSR count). The number of thiocarbonyl (C=S) groups is 1. The summed E-state index contributed by atoms with van der Waals surface area (Å²) in [5.41, 5.74) is 2.32. The van der Waals surface area contributed by atoms with Crippen LogP contribution in [0.2, 0.25) is 0 Å². The second-order valence-corrected chi connectivity index (χ2v) is 5.19. The highest BCUT2D eigenvalue weighted by atomic mass is 32.1. The number of nitrogens with zero attached hydrogens (tertiary/aromatic N) is 2. The van der Waals surface area contributed by atoms with Gasteiger partial charge in [-0.3, -0.25) is 4.68 Å². The third kappa shape index (κ3) is 4.88. The monoisotopic (exact) mass is 340 g/mol. The van der Waals surface area contributed by atoms with E-state index >= 15 is 0 Å². The quantitative estimate of drug-likeness (QED) is 0.790. The summed E-state index contributed by atoms with van der Waals surface area (Å²) in [6.07, 6.45) is 1.94. The van der Waals surface area contributed by atoms with Crippen LogP contribution >= 0.6 is 12.2 Å². The van der Waals surface area contributed by atoms with Crippen LogP contribution in [0, 0.1) is 6.92 Å². The highest BCUT2D eigenvalue weighted by molar-refractivity contribution is 7.80. The van der Waals surface area contributed by atoms with Crippen molar-refractivity contribution in [3.05, 3.63) is 41.7 Å². The molecule has 0 atom stereocenters. The molecule has 0 bridgehead atoms. The predicted molar refractivity (Wildman–Crippen MR) is 88.8 cm³/mol. The van der Waals surface area contributed by atoms with Crippen molar-refractivity contribution in [2.75, 3.05) is 5.32 Å². The molecule has 2 aromatic rings. The van der Waals surface area contributed by atoms with E-state index in [9.17, 15) is 8.78 Å². The Morgan fingerprint density at radius 2 is 2.13 bits per heavy atom. The summed E-state index contributed by atoms with van der Waals surface area (Å²) in [6, 6.07) is 6.39. The minimum absolute atomic E-state index is 0.0432. The van der Waals surface area contributed by atoms with Crippen molar-refractivity contribution in [3.8, 4) is 5.75 Å². The van der Waals surface area contributed by atoms with Gasteiger partial charge in [-0.15, -0.1) is 0 Å². The Hall–Kier alpha value is -2.22. The summed E-state index contributed by atoms with van der Waals surface area (Å²) in [7, 11) is 0. The smallest absolute Gasteiger partial charge is 0.387 e. The van der Waals surface area contributed by atoms with E-state index in [-0.39, 0.29) is 5.75 Å². The molecule has 0 saturated heterocycles. The number of halogens is 2. The van der Waals surface area contributed by atoms with Crippen LogP contribution in [0.1, 0.15) is 18.2 Å². The summed E-state index contributed by atoms with van der Waals surface area (Å²) in [4.78, 5) is 0. The van der Waals surface area contributed by atoms with Gasteiger partial charge in [0, 0.05) is 24.8 Å². The third-order valence-corrected chi connectivity index (χ3v) is 3.41. The van der Waals surface area contributed by atoms with Gasteiger partial charge in [0.2, 0.25) is 0 Å². The summed E-state index contributed by atoms with van der Waals surface area (Å²) in [5.74, 6) is 0.0432. The van der Waals surface area contributed by atoms with Crippen LogP contribution in [0.15, 0.2) is 30.5 Å². The first-order valence-corrected chi connectivity index (χ1v) is 7.52. The zero-order valence-electron chi connectivity index (χ0n) is 12.8. The van der Waals surface area contributed by atoms with Gasteiger partial charge < -0.3 is 15.4 Å². The molecular weight excluding hydrogens is 322 g/mol. The van der Waals surface area contributed by atoms with Crippen LogP contribution in [-0.2, 0) is 13.1 Å². The van der Waals surface area contributed by atoms with E-state index in [2.05, 4.69) is 20.5 Å². The van der Waals surface area contributed by atoms with Crippen molar-refractivity contribution in [1.29, 1.82) is 0 Å². The second kappa shape index (κ2) is 7.87. The molecule has 0 unspecified atom stereocenters. The van der Waals surface area contributed by atoms with Gasteiger partial charge in [0.05, 0.1) is 11.4 Å². The molecule has 2 N–H and O–H groups in total. The van der Waals surface area contributed by atoms with E-state index in [0.717, 1.165) is 17.8 Å².